The zero-order valence-electron chi connectivity index (χ0n) is 14.8. The summed E-state index contributed by atoms with van der Waals surface area (Å²) in [4.78, 5) is 4.15. The van der Waals surface area contributed by atoms with Crippen LogP contribution in [0.5, 0.6) is 5.75 Å². The number of ether oxygens (including phenoxy) is 1. The molecule has 0 N–H and O–H groups in total. The Morgan fingerprint density at radius 2 is 1.73 bits per heavy atom. The minimum atomic E-state index is -3.61. The van der Waals surface area contributed by atoms with Crippen LogP contribution in [0, 0.1) is 0 Å². The van der Waals surface area contributed by atoms with Crippen molar-refractivity contribution in [2.45, 2.75) is 17.9 Å². The Morgan fingerprint density at radius 3 is 2.27 bits per heavy atom. The smallest absolute Gasteiger partial charge is 0.243 e. The van der Waals surface area contributed by atoms with Gasteiger partial charge in [-0.15, -0.1) is 0 Å². The molecule has 0 aliphatic rings. The van der Waals surface area contributed by atoms with Crippen molar-refractivity contribution in [3.8, 4) is 11.4 Å². The molecule has 0 saturated carbocycles. The van der Waals surface area contributed by atoms with E-state index >= 15 is 0 Å². The van der Waals surface area contributed by atoms with E-state index < -0.39 is 10.0 Å². The molecule has 3 aromatic rings. The molecule has 1 aromatic heterocycles. The summed E-state index contributed by atoms with van der Waals surface area (Å²) in [5, 5.41) is 4.08. The van der Waals surface area contributed by atoms with Gasteiger partial charge in [0.15, 0.2) is 0 Å². The molecule has 0 amide bonds. The Labute approximate surface area is 152 Å². The molecule has 0 radical (unpaired) electrons. The van der Waals surface area contributed by atoms with Gasteiger partial charge in [-0.1, -0.05) is 12.1 Å². The van der Waals surface area contributed by atoms with E-state index in [4.69, 9.17) is 4.74 Å². The van der Waals surface area contributed by atoms with Crippen molar-refractivity contribution >= 4 is 10.0 Å². The highest BCUT2D eigenvalue weighted by Crippen LogP contribution is 2.27. The maximum Gasteiger partial charge on any atom is 0.243 e. The Kier molecular flexibility index (Phi) is 5.06. The molecule has 7 nitrogen and oxygen atoms in total. The Bertz CT molecular complexity index is 953. The predicted molar refractivity (Wildman–Crippen MR) is 97.7 cm³/mol. The second-order valence-electron chi connectivity index (χ2n) is 5.80. The molecule has 0 saturated heterocycles. The first-order valence-corrected chi connectivity index (χ1v) is 9.44. The number of methoxy groups -OCH3 is 1. The minimum Gasteiger partial charge on any atom is -0.497 e. The van der Waals surface area contributed by atoms with Gasteiger partial charge >= 0.3 is 0 Å². The first-order valence-electron chi connectivity index (χ1n) is 8.00. The van der Waals surface area contributed by atoms with Crippen molar-refractivity contribution in [3.05, 3.63) is 66.7 Å². The van der Waals surface area contributed by atoms with E-state index in [0.717, 1.165) is 11.3 Å². The monoisotopic (exact) mass is 372 g/mol. The van der Waals surface area contributed by atoms with Gasteiger partial charge in [0.25, 0.3) is 0 Å². The highest BCUT2D eigenvalue weighted by molar-refractivity contribution is 7.89. The summed E-state index contributed by atoms with van der Waals surface area (Å²) in [6.07, 6.45) is 3.07. The molecule has 0 fully saturated rings. The fourth-order valence-corrected chi connectivity index (χ4v) is 3.93. The number of hydrogen-bond donors (Lipinski definition) is 0. The van der Waals surface area contributed by atoms with Crippen molar-refractivity contribution < 1.29 is 13.2 Å². The van der Waals surface area contributed by atoms with Gasteiger partial charge in [-0.25, -0.2) is 18.1 Å². The Hall–Kier alpha value is -2.71. The van der Waals surface area contributed by atoms with E-state index in [9.17, 15) is 8.42 Å². The lowest BCUT2D eigenvalue weighted by Gasteiger charge is -2.25. The number of sulfonamides is 1. The fourth-order valence-electron chi connectivity index (χ4n) is 2.58. The van der Waals surface area contributed by atoms with Gasteiger partial charge in [-0.2, -0.15) is 9.40 Å². The van der Waals surface area contributed by atoms with Gasteiger partial charge in [-0.05, 0) is 48.9 Å². The van der Waals surface area contributed by atoms with Crippen molar-refractivity contribution in [2.75, 3.05) is 14.2 Å². The summed E-state index contributed by atoms with van der Waals surface area (Å²) in [6, 6.07) is 13.6. The SMILES string of the molecule is COc1ccc(S(=O)(=O)N(C)[C@H](C)c2ccc(-n3cncn3)cc2)cc1. The normalized spacial score (nSPS) is 12.9. The number of rotatable bonds is 6. The van der Waals surface area contributed by atoms with Crippen LogP contribution >= 0.6 is 0 Å². The third-order valence-electron chi connectivity index (χ3n) is 4.34. The van der Waals surface area contributed by atoms with Gasteiger partial charge in [-0.3, -0.25) is 0 Å². The summed E-state index contributed by atoms with van der Waals surface area (Å²) >= 11 is 0. The minimum absolute atomic E-state index is 0.229. The van der Waals surface area contributed by atoms with E-state index in [1.165, 1.54) is 10.6 Å². The van der Waals surface area contributed by atoms with Gasteiger partial charge in [0, 0.05) is 13.1 Å². The summed E-state index contributed by atoms with van der Waals surface area (Å²) in [6.45, 7) is 1.85. The van der Waals surface area contributed by atoms with Crippen LogP contribution in [-0.4, -0.2) is 41.6 Å². The molecule has 0 unspecified atom stereocenters. The van der Waals surface area contributed by atoms with Crippen LogP contribution in [0.2, 0.25) is 0 Å². The maximum atomic E-state index is 12.9. The van der Waals surface area contributed by atoms with Crippen molar-refractivity contribution in [2.24, 2.45) is 0 Å². The molecule has 1 atom stereocenters. The first kappa shape index (κ1) is 18.1. The Morgan fingerprint density at radius 1 is 1.08 bits per heavy atom. The van der Waals surface area contributed by atoms with Crippen LogP contribution < -0.4 is 4.74 Å². The second-order valence-corrected chi connectivity index (χ2v) is 7.80. The van der Waals surface area contributed by atoms with E-state index in [1.807, 2.05) is 31.2 Å². The van der Waals surface area contributed by atoms with Crippen molar-refractivity contribution in [1.82, 2.24) is 19.1 Å². The van der Waals surface area contributed by atoms with E-state index in [0.29, 0.717) is 5.75 Å². The van der Waals surface area contributed by atoms with Crippen LogP contribution in [0.3, 0.4) is 0 Å². The van der Waals surface area contributed by atoms with Gasteiger partial charge < -0.3 is 4.74 Å². The summed E-state index contributed by atoms with van der Waals surface area (Å²) in [5.41, 5.74) is 1.74. The van der Waals surface area contributed by atoms with Gasteiger partial charge in [0.05, 0.1) is 17.7 Å². The molecule has 3 rings (SSSR count). The zero-order valence-corrected chi connectivity index (χ0v) is 15.6. The lowest BCUT2D eigenvalue weighted by Crippen LogP contribution is -2.29. The molecule has 8 heteroatoms. The van der Waals surface area contributed by atoms with Gasteiger partial charge in [0.2, 0.25) is 10.0 Å². The van der Waals surface area contributed by atoms with Crippen LogP contribution in [0.25, 0.3) is 5.69 Å². The lowest BCUT2D eigenvalue weighted by atomic mass is 10.1. The molecule has 136 valence electrons. The van der Waals surface area contributed by atoms with Crippen LogP contribution in [-0.2, 0) is 10.0 Å². The summed E-state index contributed by atoms with van der Waals surface area (Å²) < 4.78 is 33.8. The van der Waals surface area contributed by atoms with Crippen LogP contribution in [0.1, 0.15) is 18.5 Å². The number of hydrogen-bond acceptors (Lipinski definition) is 5. The third kappa shape index (κ3) is 3.47. The van der Waals surface area contributed by atoms with E-state index in [-0.39, 0.29) is 10.9 Å². The highest BCUT2D eigenvalue weighted by Gasteiger charge is 2.26. The molecule has 2 aromatic carbocycles. The topological polar surface area (TPSA) is 77.3 Å². The van der Waals surface area contributed by atoms with E-state index in [1.54, 1.807) is 49.4 Å². The van der Waals surface area contributed by atoms with Crippen LogP contribution in [0.15, 0.2) is 66.1 Å². The average molecular weight is 372 g/mol. The van der Waals surface area contributed by atoms with Gasteiger partial charge in [0.1, 0.15) is 18.4 Å². The number of aromatic nitrogens is 3. The predicted octanol–water partition coefficient (Wildman–Crippen LogP) is 2.66. The molecular formula is C18H20N4O3S. The summed E-state index contributed by atoms with van der Waals surface area (Å²) in [5.74, 6) is 0.614. The van der Waals surface area contributed by atoms with Crippen LogP contribution in [0.4, 0.5) is 0 Å². The second kappa shape index (κ2) is 7.27. The quantitative estimate of drug-likeness (QED) is 0.665. The standard InChI is InChI=1S/C18H20N4O3S/c1-14(15-4-6-16(7-5-15)22-13-19-12-20-22)21(2)26(23,24)18-10-8-17(25-3)9-11-18/h4-14H,1-3H3/t14-/m1/s1. The number of nitrogens with zero attached hydrogens (tertiary/aromatic N) is 4. The largest absolute Gasteiger partial charge is 0.497 e. The molecule has 0 spiro atoms. The third-order valence-corrected chi connectivity index (χ3v) is 6.28. The molecular weight excluding hydrogens is 352 g/mol. The maximum absolute atomic E-state index is 12.9. The molecule has 0 bridgehead atoms. The molecule has 0 aliphatic carbocycles. The molecule has 0 aliphatic heterocycles. The highest BCUT2D eigenvalue weighted by atomic mass is 32.2. The first-order chi connectivity index (χ1) is 12.4. The summed E-state index contributed by atoms with van der Waals surface area (Å²) in [7, 11) is -0.493. The zero-order chi connectivity index (χ0) is 18.7. The van der Waals surface area contributed by atoms with Crippen molar-refractivity contribution in [1.29, 1.82) is 0 Å². The van der Waals surface area contributed by atoms with E-state index in [2.05, 4.69) is 10.1 Å². The Balaban J connectivity index is 1.82. The molecule has 1 heterocycles. The fraction of sp³-hybridized carbons (Fsp3) is 0.222. The van der Waals surface area contributed by atoms with Crippen molar-refractivity contribution in [3.63, 3.8) is 0 Å². The molecule has 26 heavy (non-hydrogen) atoms. The lowest BCUT2D eigenvalue weighted by molar-refractivity contribution is 0.397. The number of benzene rings is 2. The average Bonchev–Trinajstić information content (AvgIpc) is 3.21.